The van der Waals surface area contributed by atoms with Gasteiger partial charge in [0.2, 0.25) is 0 Å². The summed E-state index contributed by atoms with van der Waals surface area (Å²) < 4.78 is 39.0. The summed E-state index contributed by atoms with van der Waals surface area (Å²) in [5, 5.41) is 9.98. The standard InChI is InChI=1S/C16H16F2O7/c1-7(13(20)14(21)15(22)23-2)11-6-8(19)12-9(24-11)4-3-5-10(12)25-16(17)18/h3-5,7,11,13,16,20H,6H2,1-2H3/t7-,11+,13?/m1/s1. The molecule has 1 N–H and O–H groups in total. The van der Waals surface area contributed by atoms with Crippen LogP contribution in [0, 0.1) is 5.92 Å². The highest BCUT2D eigenvalue weighted by Crippen LogP contribution is 2.37. The SMILES string of the molecule is COC(=O)C(=O)C(O)[C@H](C)[C@@H]1CC(=O)c2c(OC(F)F)cccc2O1. The fourth-order valence-corrected chi connectivity index (χ4v) is 2.52. The number of rotatable bonds is 6. The molecule has 0 fully saturated rings. The van der Waals surface area contributed by atoms with E-state index < -0.39 is 42.3 Å². The van der Waals surface area contributed by atoms with Crippen LogP contribution in [0.25, 0.3) is 0 Å². The molecule has 0 spiro atoms. The lowest BCUT2D eigenvalue weighted by atomic mass is 9.88. The van der Waals surface area contributed by atoms with Crippen molar-refractivity contribution in [3.05, 3.63) is 23.8 Å². The first-order chi connectivity index (χ1) is 11.8. The third kappa shape index (κ3) is 3.93. The van der Waals surface area contributed by atoms with E-state index in [4.69, 9.17) is 4.74 Å². The number of aliphatic hydroxyl groups excluding tert-OH is 1. The molecule has 9 heteroatoms. The van der Waals surface area contributed by atoms with Crippen LogP contribution in [0.3, 0.4) is 0 Å². The van der Waals surface area contributed by atoms with Crippen LogP contribution < -0.4 is 9.47 Å². The Balaban J connectivity index is 2.22. The van der Waals surface area contributed by atoms with Crippen LogP contribution in [-0.2, 0) is 14.3 Å². The van der Waals surface area contributed by atoms with Gasteiger partial charge in [0.25, 0.3) is 5.78 Å². The van der Waals surface area contributed by atoms with E-state index in [2.05, 4.69) is 9.47 Å². The number of carbonyl (C=O) groups is 3. The third-order valence-electron chi connectivity index (χ3n) is 3.89. The van der Waals surface area contributed by atoms with Gasteiger partial charge in [-0.1, -0.05) is 13.0 Å². The van der Waals surface area contributed by atoms with Crippen LogP contribution in [0.1, 0.15) is 23.7 Å². The number of benzene rings is 1. The molecule has 1 aromatic carbocycles. The first kappa shape index (κ1) is 18.8. The number of ketones is 2. The number of ether oxygens (including phenoxy) is 3. The predicted octanol–water partition coefficient (Wildman–Crippen LogP) is 1.36. The molecule has 0 aromatic heterocycles. The highest BCUT2D eigenvalue weighted by Gasteiger charge is 2.39. The zero-order valence-corrected chi connectivity index (χ0v) is 13.4. The summed E-state index contributed by atoms with van der Waals surface area (Å²) in [6.45, 7) is -1.68. The summed E-state index contributed by atoms with van der Waals surface area (Å²) in [4.78, 5) is 35.2. The minimum Gasteiger partial charge on any atom is -0.489 e. The van der Waals surface area contributed by atoms with E-state index in [1.54, 1.807) is 0 Å². The monoisotopic (exact) mass is 358 g/mol. The van der Waals surface area contributed by atoms with Crippen LogP contribution in [0.2, 0.25) is 0 Å². The van der Waals surface area contributed by atoms with Gasteiger partial charge in [-0.25, -0.2) is 4.79 Å². The molecular weight excluding hydrogens is 342 g/mol. The molecule has 0 bridgehead atoms. The Morgan fingerprint density at radius 1 is 1.36 bits per heavy atom. The number of Topliss-reactive ketones (excluding diaryl/α,β-unsaturated/α-hetero) is 2. The molecule has 1 unspecified atom stereocenters. The van der Waals surface area contributed by atoms with Crippen LogP contribution in [0.4, 0.5) is 8.78 Å². The molecule has 136 valence electrons. The average Bonchev–Trinajstić information content (AvgIpc) is 2.58. The molecular formula is C16H16F2O7. The summed E-state index contributed by atoms with van der Waals surface area (Å²) in [6.07, 6.45) is -2.93. The zero-order chi connectivity index (χ0) is 18.7. The fourth-order valence-electron chi connectivity index (χ4n) is 2.52. The van der Waals surface area contributed by atoms with Gasteiger partial charge in [0.15, 0.2) is 5.78 Å². The Labute approximate surface area is 141 Å². The molecule has 1 heterocycles. The number of carbonyl (C=O) groups excluding carboxylic acids is 3. The van der Waals surface area contributed by atoms with Gasteiger partial charge < -0.3 is 19.3 Å². The maximum absolute atomic E-state index is 12.4. The van der Waals surface area contributed by atoms with Gasteiger partial charge in [-0.2, -0.15) is 8.78 Å². The largest absolute Gasteiger partial charge is 0.489 e. The molecule has 0 saturated carbocycles. The van der Waals surface area contributed by atoms with Gasteiger partial charge in [0.05, 0.1) is 7.11 Å². The molecule has 25 heavy (non-hydrogen) atoms. The van der Waals surface area contributed by atoms with Gasteiger partial charge in [-0.05, 0) is 12.1 Å². The second kappa shape index (κ2) is 7.56. The number of aliphatic hydroxyl groups is 1. The van der Waals surface area contributed by atoms with Crippen molar-refractivity contribution in [2.45, 2.75) is 32.2 Å². The number of methoxy groups -OCH3 is 1. The molecule has 1 aliphatic heterocycles. The Morgan fingerprint density at radius 3 is 2.64 bits per heavy atom. The lowest BCUT2D eigenvalue weighted by molar-refractivity contribution is -0.157. The summed E-state index contributed by atoms with van der Waals surface area (Å²) >= 11 is 0. The lowest BCUT2D eigenvalue weighted by Crippen LogP contribution is -2.44. The van der Waals surface area contributed by atoms with Gasteiger partial charge in [0.1, 0.15) is 29.3 Å². The van der Waals surface area contributed by atoms with Crippen molar-refractivity contribution >= 4 is 17.5 Å². The lowest BCUT2D eigenvalue weighted by Gasteiger charge is -2.31. The minimum absolute atomic E-state index is 0.00367. The molecule has 0 amide bonds. The van der Waals surface area contributed by atoms with Gasteiger partial charge in [-0.3, -0.25) is 9.59 Å². The normalized spacial score (nSPS) is 18.8. The van der Waals surface area contributed by atoms with E-state index in [9.17, 15) is 28.3 Å². The molecule has 0 aliphatic carbocycles. The van der Waals surface area contributed by atoms with Gasteiger partial charge in [-0.15, -0.1) is 0 Å². The van der Waals surface area contributed by atoms with Crippen molar-refractivity contribution in [2.75, 3.05) is 7.11 Å². The van der Waals surface area contributed by atoms with E-state index in [1.165, 1.54) is 25.1 Å². The van der Waals surface area contributed by atoms with E-state index in [0.717, 1.165) is 7.11 Å². The quantitative estimate of drug-likeness (QED) is 0.605. The van der Waals surface area contributed by atoms with Crippen LogP contribution in [-0.4, -0.2) is 48.6 Å². The van der Waals surface area contributed by atoms with Crippen molar-refractivity contribution in [3.8, 4) is 11.5 Å². The average molecular weight is 358 g/mol. The van der Waals surface area contributed by atoms with Crippen LogP contribution in [0.15, 0.2) is 18.2 Å². The smallest absolute Gasteiger partial charge is 0.387 e. The number of hydrogen-bond donors (Lipinski definition) is 1. The van der Waals surface area contributed by atoms with Crippen LogP contribution in [0.5, 0.6) is 11.5 Å². The van der Waals surface area contributed by atoms with Crippen molar-refractivity contribution < 1.29 is 42.5 Å². The zero-order valence-electron chi connectivity index (χ0n) is 13.4. The molecule has 2 rings (SSSR count). The molecule has 0 radical (unpaired) electrons. The maximum Gasteiger partial charge on any atom is 0.387 e. The first-order valence-corrected chi connectivity index (χ1v) is 7.34. The summed E-state index contributed by atoms with van der Waals surface area (Å²) in [7, 11) is 0.999. The first-order valence-electron chi connectivity index (χ1n) is 7.34. The van der Waals surface area contributed by atoms with E-state index in [1.807, 2.05) is 0 Å². The summed E-state index contributed by atoms with van der Waals surface area (Å²) in [5.74, 6) is -4.13. The van der Waals surface area contributed by atoms with Crippen molar-refractivity contribution in [2.24, 2.45) is 5.92 Å². The topological polar surface area (TPSA) is 99.1 Å². The molecule has 0 saturated heterocycles. The van der Waals surface area contributed by atoms with Gasteiger partial charge in [0, 0.05) is 12.3 Å². The number of hydrogen-bond acceptors (Lipinski definition) is 7. The van der Waals surface area contributed by atoms with Crippen molar-refractivity contribution in [1.82, 2.24) is 0 Å². The van der Waals surface area contributed by atoms with Crippen molar-refractivity contribution in [1.29, 1.82) is 0 Å². The number of halogens is 2. The second-order valence-electron chi connectivity index (χ2n) is 5.45. The minimum atomic E-state index is -3.10. The molecule has 3 atom stereocenters. The maximum atomic E-state index is 12.4. The number of fused-ring (bicyclic) bond motifs is 1. The Hall–Kier alpha value is -2.55. The Morgan fingerprint density at radius 2 is 2.04 bits per heavy atom. The van der Waals surface area contributed by atoms with Crippen LogP contribution >= 0.6 is 0 Å². The predicted molar refractivity (Wildman–Crippen MR) is 78.6 cm³/mol. The molecule has 1 aromatic rings. The molecule has 1 aliphatic rings. The highest BCUT2D eigenvalue weighted by atomic mass is 19.3. The fraction of sp³-hybridized carbons (Fsp3) is 0.438. The third-order valence-corrected chi connectivity index (χ3v) is 3.89. The van der Waals surface area contributed by atoms with E-state index >= 15 is 0 Å². The Kier molecular flexibility index (Phi) is 5.68. The summed E-state index contributed by atoms with van der Waals surface area (Å²) in [5.41, 5.74) is -0.125. The number of alkyl halides is 2. The summed E-state index contributed by atoms with van der Waals surface area (Å²) in [6, 6.07) is 3.97. The number of esters is 1. The molecule has 7 nitrogen and oxygen atoms in total. The second-order valence-corrected chi connectivity index (χ2v) is 5.45. The Bertz CT molecular complexity index is 689. The van der Waals surface area contributed by atoms with E-state index in [-0.39, 0.29) is 23.5 Å². The highest BCUT2D eigenvalue weighted by molar-refractivity contribution is 6.35. The van der Waals surface area contributed by atoms with Gasteiger partial charge >= 0.3 is 12.6 Å². The van der Waals surface area contributed by atoms with Crippen molar-refractivity contribution in [3.63, 3.8) is 0 Å². The van der Waals surface area contributed by atoms with E-state index in [0.29, 0.717) is 0 Å².